The Bertz CT molecular complexity index is 1170. The van der Waals surface area contributed by atoms with E-state index in [1.165, 1.54) is 12.1 Å². The molecule has 0 aromatic heterocycles. The fourth-order valence-corrected chi connectivity index (χ4v) is 5.50. The Kier molecular flexibility index (Phi) is 5.95. The predicted molar refractivity (Wildman–Crippen MR) is 118 cm³/mol. The zero-order valence-electron chi connectivity index (χ0n) is 18.4. The molecule has 3 aliphatic rings. The highest BCUT2D eigenvalue weighted by Gasteiger charge is 2.38. The van der Waals surface area contributed by atoms with Crippen molar-refractivity contribution in [3.63, 3.8) is 0 Å². The van der Waals surface area contributed by atoms with Crippen LogP contribution in [0.5, 0.6) is 0 Å². The number of amides is 1. The van der Waals surface area contributed by atoms with Gasteiger partial charge in [0.1, 0.15) is 18.4 Å². The van der Waals surface area contributed by atoms with E-state index in [0.717, 1.165) is 35.4 Å². The SMILES string of the molecule is Cc1ccc(S(=O)(=O)OCC2CN(c3cc(F)c(N4CC5CCC(C4)O5)c(F)c3)C(=O)O2)cc1. The van der Waals surface area contributed by atoms with Crippen LogP contribution in [0.25, 0.3) is 0 Å². The van der Waals surface area contributed by atoms with Crippen LogP contribution in [0.4, 0.5) is 25.0 Å². The largest absolute Gasteiger partial charge is 0.441 e. The van der Waals surface area contributed by atoms with Crippen LogP contribution in [0.1, 0.15) is 18.4 Å². The van der Waals surface area contributed by atoms with Crippen molar-refractivity contribution in [3.8, 4) is 0 Å². The standard InChI is InChI=1S/C23H24F2N2O6S/c1-14-2-6-19(7-3-14)34(29,30)31-13-18-12-27(23(28)33-18)15-8-20(24)22(21(25)9-15)26-10-16-4-5-17(11-26)32-16/h2-3,6-9,16-18H,4-5,10-13H2,1H3. The number of rotatable bonds is 6. The van der Waals surface area contributed by atoms with Crippen molar-refractivity contribution in [3.05, 3.63) is 53.6 Å². The Hall–Kier alpha value is -2.76. The molecule has 3 unspecified atom stereocenters. The highest BCUT2D eigenvalue weighted by atomic mass is 32.2. The van der Waals surface area contributed by atoms with Crippen LogP contribution in [-0.2, 0) is 23.8 Å². The molecular formula is C23H24F2N2O6S. The van der Waals surface area contributed by atoms with Crippen LogP contribution in [-0.4, -0.2) is 59.1 Å². The number of carbonyl (C=O) groups excluding carboxylic acids is 1. The lowest BCUT2D eigenvalue weighted by Gasteiger charge is -2.34. The summed E-state index contributed by atoms with van der Waals surface area (Å²) in [6.07, 6.45) is -0.104. The molecule has 2 aromatic rings. The molecule has 34 heavy (non-hydrogen) atoms. The second-order valence-corrected chi connectivity index (χ2v) is 10.4. The maximum Gasteiger partial charge on any atom is 0.414 e. The van der Waals surface area contributed by atoms with Crippen molar-refractivity contribution in [1.82, 2.24) is 0 Å². The first-order valence-corrected chi connectivity index (χ1v) is 12.4. The summed E-state index contributed by atoms with van der Waals surface area (Å²) in [7, 11) is -4.05. The van der Waals surface area contributed by atoms with E-state index in [0.29, 0.717) is 13.1 Å². The number of aryl methyl sites for hydroxylation is 1. The number of anilines is 2. The van der Waals surface area contributed by atoms with E-state index in [2.05, 4.69) is 0 Å². The number of fused-ring (bicyclic) bond motifs is 2. The molecule has 2 bridgehead atoms. The molecule has 11 heteroatoms. The van der Waals surface area contributed by atoms with Gasteiger partial charge in [0.15, 0.2) is 11.6 Å². The molecule has 0 radical (unpaired) electrons. The van der Waals surface area contributed by atoms with Crippen molar-refractivity contribution in [2.45, 2.75) is 43.0 Å². The smallest absolute Gasteiger partial charge is 0.414 e. The molecule has 1 amide bonds. The van der Waals surface area contributed by atoms with Gasteiger partial charge < -0.3 is 14.4 Å². The Morgan fingerprint density at radius 3 is 2.26 bits per heavy atom. The second kappa shape index (κ2) is 8.79. The van der Waals surface area contributed by atoms with Gasteiger partial charge in [-0.1, -0.05) is 17.7 Å². The zero-order valence-corrected chi connectivity index (χ0v) is 19.3. The van der Waals surface area contributed by atoms with Crippen LogP contribution < -0.4 is 9.80 Å². The lowest BCUT2D eigenvalue weighted by molar-refractivity contribution is 0.0300. The molecule has 0 spiro atoms. The van der Waals surface area contributed by atoms with Gasteiger partial charge >= 0.3 is 6.09 Å². The summed E-state index contributed by atoms with van der Waals surface area (Å²) in [4.78, 5) is 15.0. The van der Waals surface area contributed by atoms with Crippen LogP contribution >= 0.6 is 0 Å². The number of ether oxygens (including phenoxy) is 2. The number of cyclic esters (lactones) is 1. The number of nitrogens with zero attached hydrogens (tertiary/aromatic N) is 2. The summed E-state index contributed by atoms with van der Waals surface area (Å²) < 4.78 is 70.6. The lowest BCUT2D eigenvalue weighted by Crippen LogP contribution is -2.43. The van der Waals surface area contributed by atoms with Gasteiger partial charge in [0.05, 0.1) is 29.3 Å². The van der Waals surface area contributed by atoms with E-state index in [9.17, 15) is 22.0 Å². The number of hydrogen-bond acceptors (Lipinski definition) is 7. The fourth-order valence-electron chi connectivity index (χ4n) is 4.57. The molecule has 0 aliphatic carbocycles. The second-order valence-electron chi connectivity index (χ2n) is 8.79. The summed E-state index contributed by atoms with van der Waals surface area (Å²) in [5, 5.41) is 0. The summed E-state index contributed by atoms with van der Waals surface area (Å²) in [6.45, 7) is 2.11. The zero-order chi connectivity index (χ0) is 24.0. The van der Waals surface area contributed by atoms with E-state index in [1.807, 2.05) is 6.92 Å². The highest BCUT2D eigenvalue weighted by molar-refractivity contribution is 7.86. The van der Waals surface area contributed by atoms with Crippen LogP contribution in [0, 0.1) is 18.6 Å². The van der Waals surface area contributed by atoms with Crippen molar-refractivity contribution >= 4 is 27.6 Å². The first-order valence-electron chi connectivity index (χ1n) is 11.0. The van der Waals surface area contributed by atoms with Gasteiger partial charge in [0, 0.05) is 25.2 Å². The topological polar surface area (TPSA) is 85.4 Å². The molecule has 3 aliphatic heterocycles. The summed E-state index contributed by atoms with van der Waals surface area (Å²) in [6, 6.07) is 8.30. The molecule has 3 saturated heterocycles. The average molecular weight is 495 g/mol. The maximum atomic E-state index is 15.0. The Labute approximate surface area is 196 Å². The van der Waals surface area contributed by atoms with Gasteiger partial charge in [-0.05, 0) is 31.9 Å². The van der Waals surface area contributed by atoms with Crippen LogP contribution in [0.3, 0.4) is 0 Å². The van der Waals surface area contributed by atoms with E-state index in [1.54, 1.807) is 17.0 Å². The minimum absolute atomic E-state index is 0.0103. The third-order valence-corrected chi connectivity index (χ3v) is 7.56. The van der Waals surface area contributed by atoms with Gasteiger partial charge in [0.25, 0.3) is 10.1 Å². The molecule has 3 heterocycles. The highest BCUT2D eigenvalue weighted by Crippen LogP contribution is 2.35. The van der Waals surface area contributed by atoms with Crippen LogP contribution in [0.15, 0.2) is 41.3 Å². The first kappa shape index (κ1) is 23.0. The third-order valence-electron chi connectivity index (χ3n) is 6.27. The van der Waals surface area contributed by atoms with E-state index < -0.39 is 40.6 Å². The Morgan fingerprint density at radius 2 is 1.65 bits per heavy atom. The quantitative estimate of drug-likeness (QED) is 0.570. The number of morpholine rings is 1. The Balaban J connectivity index is 1.26. The molecule has 3 atom stereocenters. The molecular weight excluding hydrogens is 470 g/mol. The summed E-state index contributed by atoms with van der Waals surface area (Å²) in [5.74, 6) is -1.57. The van der Waals surface area contributed by atoms with E-state index >= 15 is 0 Å². The number of halogens is 2. The number of hydrogen-bond donors (Lipinski definition) is 0. The van der Waals surface area contributed by atoms with Crippen molar-refractivity contribution in [1.29, 1.82) is 0 Å². The minimum atomic E-state index is -4.05. The van der Waals surface area contributed by atoms with E-state index in [-0.39, 0.29) is 35.0 Å². The monoisotopic (exact) mass is 494 g/mol. The average Bonchev–Trinajstić information content (AvgIpc) is 3.33. The first-order chi connectivity index (χ1) is 16.2. The minimum Gasteiger partial charge on any atom is -0.441 e. The van der Waals surface area contributed by atoms with Gasteiger partial charge in [-0.2, -0.15) is 8.42 Å². The lowest BCUT2D eigenvalue weighted by atomic mass is 10.2. The van der Waals surface area contributed by atoms with Crippen molar-refractivity contribution < 1.29 is 35.6 Å². The molecule has 3 fully saturated rings. The van der Waals surface area contributed by atoms with Gasteiger partial charge in [-0.25, -0.2) is 13.6 Å². The van der Waals surface area contributed by atoms with Gasteiger partial charge in [-0.15, -0.1) is 0 Å². The molecule has 5 rings (SSSR count). The van der Waals surface area contributed by atoms with E-state index in [4.69, 9.17) is 13.7 Å². The molecule has 8 nitrogen and oxygen atoms in total. The number of benzene rings is 2. The van der Waals surface area contributed by atoms with Crippen molar-refractivity contribution in [2.24, 2.45) is 0 Å². The number of carbonyl (C=O) groups is 1. The third kappa shape index (κ3) is 4.47. The molecule has 182 valence electrons. The normalized spacial score (nSPS) is 24.6. The van der Waals surface area contributed by atoms with Crippen LogP contribution in [0.2, 0.25) is 0 Å². The summed E-state index contributed by atoms with van der Waals surface area (Å²) >= 11 is 0. The Morgan fingerprint density at radius 1 is 1.03 bits per heavy atom. The fraction of sp³-hybridized carbons (Fsp3) is 0.435. The van der Waals surface area contributed by atoms with Gasteiger partial charge in [0.2, 0.25) is 0 Å². The molecule has 2 aromatic carbocycles. The van der Waals surface area contributed by atoms with Gasteiger partial charge in [-0.3, -0.25) is 9.08 Å². The predicted octanol–water partition coefficient (Wildman–Crippen LogP) is 3.37. The molecule has 0 N–H and O–H groups in total. The summed E-state index contributed by atoms with van der Waals surface area (Å²) in [5.41, 5.74) is 0.746. The maximum absolute atomic E-state index is 15.0. The van der Waals surface area contributed by atoms with Crippen molar-refractivity contribution in [2.75, 3.05) is 36.0 Å². The molecule has 0 saturated carbocycles.